The van der Waals surface area contributed by atoms with Crippen LogP contribution in [0.4, 0.5) is 0 Å². The Hall–Kier alpha value is -4.04. The van der Waals surface area contributed by atoms with Crippen LogP contribution in [-0.2, 0) is 35.2 Å². The minimum absolute atomic E-state index is 0.0838. The van der Waals surface area contributed by atoms with E-state index in [9.17, 15) is 39.0 Å². The van der Waals surface area contributed by atoms with Crippen molar-refractivity contribution >= 4 is 35.6 Å². The van der Waals surface area contributed by atoms with E-state index in [0.717, 1.165) is 0 Å². The molecule has 10 N–H and O–H groups in total. The highest BCUT2D eigenvalue weighted by molar-refractivity contribution is 5.95. The predicted octanol–water partition coefficient (Wildman–Crippen LogP) is -2.78. The number of carboxylic acid groups (broad SMARTS) is 2. The zero-order valence-corrected chi connectivity index (χ0v) is 19.5. The number of primary amides is 1. The van der Waals surface area contributed by atoms with Crippen LogP contribution in [0.1, 0.15) is 31.7 Å². The Morgan fingerprint density at radius 1 is 0.889 bits per heavy atom. The summed E-state index contributed by atoms with van der Waals surface area (Å²) in [5.41, 5.74) is 11.3. The van der Waals surface area contributed by atoms with Gasteiger partial charge in [0.1, 0.15) is 12.1 Å². The van der Waals surface area contributed by atoms with Crippen molar-refractivity contribution in [3.8, 4) is 0 Å². The van der Waals surface area contributed by atoms with Gasteiger partial charge in [-0.3, -0.25) is 24.0 Å². The van der Waals surface area contributed by atoms with E-state index in [-0.39, 0.29) is 19.3 Å². The molecular weight excluding hydrogens is 478 g/mol. The van der Waals surface area contributed by atoms with E-state index in [4.69, 9.17) is 16.6 Å². The van der Waals surface area contributed by atoms with Gasteiger partial charge in [0.2, 0.25) is 23.6 Å². The molecule has 36 heavy (non-hydrogen) atoms. The van der Waals surface area contributed by atoms with Gasteiger partial charge < -0.3 is 42.7 Å². The van der Waals surface area contributed by atoms with Crippen molar-refractivity contribution in [2.24, 2.45) is 11.5 Å². The molecule has 5 atom stereocenters. The fourth-order valence-corrected chi connectivity index (χ4v) is 3.09. The summed E-state index contributed by atoms with van der Waals surface area (Å²) in [6.45, 7) is 1.17. The number of hydrogen-bond donors (Lipinski definition) is 8. The maximum atomic E-state index is 13.0. The second-order valence-electron chi connectivity index (χ2n) is 8.09. The molecule has 198 valence electrons. The standard InChI is InChI=1S/C22H31N5O9/c1-11(28)18(22(35)36)27-21(34)15(9-12-5-3-2-4-6-12)26-20(33)14(7-8-16(24)29)25-19(32)13(23)10-17(30)31/h2-6,11,13-15,18,28H,7-10,23H2,1H3,(H2,24,29)(H,25,32)(H,26,33)(H,27,34)(H,30,31)(H,35,36). The number of carboxylic acids is 2. The average molecular weight is 510 g/mol. The summed E-state index contributed by atoms with van der Waals surface area (Å²) in [5.74, 6) is -6.46. The topological polar surface area (TPSA) is 251 Å². The van der Waals surface area contributed by atoms with E-state index in [0.29, 0.717) is 5.56 Å². The first kappa shape index (κ1) is 30.0. The largest absolute Gasteiger partial charge is 0.481 e. The monoisotopic (exact) mass is 509 g/mol. The van der Waals surface area contributed by atoms with Crippen LogP contribution in [0.15, 0.2) is 30.3 Å². The Labute approximate surface area is 206 Å². The molecule has 0 saturated carbocycles. The molecule has 1 aromatic carbocycles. The number of rotatable bonds is 15. The molecule has 14 nitrogen and oxygen atoms in total. The SMILES string of the molecule is CC(O)C(NC(=O)C(Cc1ccccc1)NC(=O)C(CCC(N)=O)NC(=O)C(N)CC(=O)O)C(=O)O. The summed E-state index contributed by atoms with van der Waals surface area (Å²) in [6, 6.07) is 2.50. The molecule has 0 saturated heterocycles. The van der Waals surface area contributed by atoms with Gasteiger partial charge in [0, 0.05) is 12.8 Å². The van der Waals surface area contributed by atoms with E-state index in [1.807, 2.05) is 0 Å². The zero-order valence-electron chi connectivity index (χ0n) is 19.5. The summed E-state index contributed by atoms with van der Waals surface area (Å²) in [7, 11) is 0. The van der Waals surface area contributed by atoms with E-state index in [1.165, 1.54) is 6.92 Å². The third-order valence-corrected chi connectivity index (χ3v) is 5.01. The van der Waals surface area contributed by atoms with Crippen molar-refractivity contribution < 1.29 is 44.1 Å². The number of carbonyl (C=O) groups excluding carboxylic acids is 4. The zero-order chi connectivity index (χ0) is 27.4. The van der Waals surface area contributed by atoms with Gasteiger partial charge in [-0.05, 0) is 18.9 Å². The third kappa shape index (κ3) is 10.5. The molecule has 0 aliphatic carbocycles. The van der Waals surface area contributed by atoms with E-state index in [2.05, 4.69) is 16.0 Å². The molecule has 4 amide bonds. The molecule has 0 aliphatic rings. The van der Waals surface area contributed by atoms with Crippen molar-refractivity contribution in [2.45, 2.75) is 62.9 Å². The van der Waals surface area contributed by atoms with Gasteiger partial charge in [-0.25, -0.2) is 4.79 Å². The number of nitrogens with one attached hydrogen (secondary N) is 3. The van der Waals surface area contributed by atoms with Crippen LogP contribution in [0, 0.1) is 0 Å². The van der Waals surface area contributed by atoms with Crippen LogP contribution in [0.3, 0.4) is 0 Å². The molecule has 0 radical (unpaired) electrons. The molecule has 0 aromatic heterocycles. The average Bonchev–Trinajstić information content (AvgIpc) is 2.78. The van der Waals surface area contributed by atoms with Gasteiger partial charge in [-0.1, -0.05) is 30.3 Å². The highest BCUT2D eigenvalue weighted by atomic mass is 16.4. The van der Waals surface area contributed by atoms with Crippen molar-refractivity contribution in [3.05, 3.63) is 35.9 Å². The molecule has 0 spiro atoms. The number of benzene rings is 1. The first-order chi connectivity index (χ1) is 16.8. The summed E-state index contributed by atoms with van der Waals surface area (Å²) in [4.78, 5) is 71.6. The third-order valence-electron chi connectivity index (χ3n) is 5.01. The fourth-order valence-electron chi connectivity index (χ4n) is 3.09. The number of amides is 4. The number of aliphatic hydroxyl groups is 1. The first-order valence-corrected chi connectivity index (χ1v) is 10.9. The minimum Gasteiger partial charge on any atom is -0.481 e. The van der Waals surface area contributed by atoms with Gasteiger partial charge in [-0.2, -0.15) is 0 Å². The van der Waals surface area contributed by atoms with Crippen LogP contribution < -0.4 is 27.4 Å². The van der Waals surface area contributed by atoms with Crippen LogP contribution in [0.25, 0.3) is 0 Å². The van der Waals surface area contributed by atoms with Crippen LogP contribution in [0.2, 0.25) is 0 Å². The predicted molar refractivity (Wildman–Crippen MR) is 124 cm³/mol. The lowest BCUT2D eigenvalue weighted by Gasteiger charge is -2.25. The molecule has 0 heterocycles. The normalized spacial score (nSPS) is 14.9. The van der Waals surface area contributed by atoms with Crippen LogP contribution >= 0.6 is 0 Å². The van der Waals surface area contributed by atoms with Gasteiger partial charge >= 0.3 is 11.9 Å². The molecule has 1 rings (SSSR count). The number of carbonyl (C=O) groups is 6. The Balaban J connectivity index is 3.14. The molecule has 1 aromatic rings. The quantitative estimate of drug-likeness (QED) is 0.121. The summed E-state index contributed by atoms with van der Waals surface area (Å²) in [5, 5.41) is 34.6. The fraction of sp³-hybridized carbons (Fsp3) is 0.455. The van der Waals surface area contributed by atoms with Gasteiger partial charge in [-0.15, -0.1) is 0 Å². The van der Waals surface area contributed by atoms with E-state index >= 15 is 0 Å². The summed E-state index contributed by atoms with van der Waals surface area (Å²) < 4.78 is 0. The number of nitrogens with two attached hydrogens (primary N) is 2. The van der Waals surface area contributed by atoms with E-state index in [1.54, 1.807) is 30.3 Å². The highest BCUT2D eigenvalue weighted by Gasteiger charge is 2.32. The number of aliphatic carboxylic acids is 2. The second-order valence-corrected chi connectivity index (χ2v) is 8.09. The maximum Gasteiger partial charge on any atom is 0.328 e. The van der Waals surface area contributed by atoms with Crippen LogP contribution in [0.5, 0.6) is 0 Å². The molecular formula is C22H31N5O9. The Bertz CT molecular complexity index is 954. The Kier molecular flexibility index (Phi) is 12.0. The molecule has 5 unspecified atom stereocenters. The molecule has 0 bridgehead atoms. The number of aliphatic hydroxyl groups excluding tert-OH is 1. The Morgan fingerprint density at radius 2 is 1.44 bits per heavy atom. The summed E-state index contributed by atoms with van der Waals surface area (Å²) in [6.07, 6.45) is -2.86. The van der Waals surface area contributed by atoms with Crippen molar-refractivity contribution in [1.82, 2.24) is 16.0 Å². The van der Waals surface area contributed by atoms with Gasteiger partial charge in [0.15, 0.2) is 6.04 Å². The van der Waals surface area contributed by atoms with Crippen molar-refractivity contribution in [3.63, 3.8) is 0 Å². The van der Waals surface area contributed by atoms with Crippen LogP contribution in [-0.4, -0.2) is 81.2 Å². The maximum absolute atomic E-state index is 13.0. The Morgan fingerprint density at radius 3 is 1.94 bits per heavy atom. The lowest BCUT2D eigenvalue weighted by Crippen LogP contribution is -2.59. The smallest absolute Gasteiger partial charge is 0.328 e. The lowest BCUT2D eigenvalue weighted by atomic mass is 10.0. The lowest BCUT2D eigenvalue weighted by molar-refractivity contribution is -0.145. The molecule has 14 heteroatoms. The van der Waals surface area contributed by atoms with Gasteiger partial charge in [0.25, 0.3) is 0 Å². The van der Waals surface area contributed by atoms with Crippen molar-refractivity contribution in [2.75, 3.05) is 0 Å². The van der Waals surface area contributed by atoms with Crippen molar-refractivity contribution in [1.29, 1.82) is 0 Å². The minimum atomic E-state index is -1.66. The summed E-state index contributed by atoms with van der Waals surface area (Å²) >= 11 is 0. The first-order valence-electron chi connectivity index (χ1n) is 10.9. The van der Waals surface area contributed by atoms with Gasteiger partial charge in [0.05, 0.1) is 18.6 Å². The molecule has 0 aliphatic heterocycles. The number of hydrogen-bond acceptors (Lipinski definition) is 8. The van der Waals surface area contributed by atoms with E-state index < -0.39 is 72.3 Å². The highest BCUT2D eigenvalue weighted by Crippen LogP contribution is 2.07. The second kappa shape index (κ2) is 14.4. The molecule has 0 fully saturated rings.